The first-order chi connectivity index (χ1) is 13.9. The first kappa shape index (κ1) is 21.9. The smallest absolute Gasteiger partial charge is 0.372 e. The second-order valence-corrected chi connectivity index (χ2v) is 5.93. The van der Waals surface area contributed by atoms with Gasteiger partial charge >= 0.3 is 17.7 Å². The van der Waals surface area contributed by atoms with Crippen molar-refractivity contribution >= 4 is 23.5 Å². The number of nitrogens with two attached hydrogens (primary N) is 1. The number of hydrogen-bond acceptors (Lipinski definition) is 8. The Balaban J connectivity index is 2.21. The summed E-state index contributed by atoms with van der Waals surface area (Å²) in [5, 5.41) is 2.24. The SMILES string of the molecule is CCOC(=O)C(NC(=O)c1c[nH]c(Cc2cccc(N)c2)n1)(OC)C(=O)OCC. The molecule has 1 heterocycles. The first-order valence-corrected chi connectivity index (χ1v) is 8.97. The number of methoxy groups -OCH3 is 1. The Morgan fingerprint density at radius 3 is 2.38 bits per heavy atom. The Morgan fingerprint density at radius 2 is 1.83 bits per heavy atom. The van der Waals surface area contributed by atoms with Crippen LogP contribution < -0.4 is 11.1 Å². The van der Waals surface area contributed by atoms with E-state index in [2.05, 4.69) is 15.3 Å². The van der Waals surface area contributed by atoms with Gasteiger partial charge in [-0.15, -0.1) is 0 Å². The van der Waals surface area contributed by atoms with Crippen LogP contribution in [0.1, 0.15) is 35.7 Å². The molecule has 1 aromatic carbocycles. The van der Waals surface area contributed by atoms with Gasteiger partial charge in [0.1, 0.15) is 11.5 Å². The highest BCUT2D eigenvalue weighted by Crippen LogP contribution is 2.15. The van der Waals surface area contributed by atoms with E-state index >= 15 is 0 Å². The third-order valence-corrected chi connectivity index (χ3v) is 3.91. The number of aromatic amines is 1. The number of aromatic nitrogens is 2. The fourth-order valence-corrected chi connectivity index (χ4v) is 2.56. The van der Waals surface area contributed by atoms with Gasteiger partial charge < -0.3 is 30.2 Å². The lowest BCUT2D eigenvalue weighted by atomic mass is 10.1. The summed E-state index contributed by atoms with van der Waals surface area (Å²) < 4.78 is 14.8. The van der Waals surface area contributed by atoms with Gasteiger partial charge in [0.25, 0.3) is 5.91 Å². The third-order valence-electron chi connectivity index (χ3n) is 3.91. The van der Waals surface area contributed by atoms with Crippen LogP contribution >= 0.6 is 0 Å². The van der Waals surface area contributed by atoms with Crippen LogP contribution in [-0.2, 0) is 30.2 Å². The van der Waals surface area contributed by atoms with Crippen molar-refractivity contribution in [2.75, 3.05) is 26.1 Å². The minimum atomic E-state index is -2.43. The van der Waals surface area contributed by atoms with Crippen LogP contribution in [0.4, 0.5) is 5.69 Å². The predicted octanol–water partition coefficient (Wildman–Crippen LogP) is 0.781. The van der Waals surface area contributed by atoms with E-state index < -0.39 is 23.6 Å². The maximum absolute atomic E-state index is 12.6. The van der Waals surface area contributed by atoms with Crippen LogP contribution in [0, 0.1) is 0 Å². The number of ether oxygens (including phenoxy) is 3. The molecule has 0 aliphatic rings. The fraction of sp³-hybridized carbons (Fsp3) is 0.368. The molecule has 4 N–H and O–H groups in total. The molecule has 2 aromatic rings. The second-order valence-electron chi connectivity index (χ2n) is 5.93. The van der Waals surface area contributed by atoms with Crippen LogP contribution in [0.5, 0.6) is 0 Å². The molecule has 0 radical (unpaired) electrons. The summed E-state index contributed by atoms with van der Waals surface area (Å²) >= 11 is 0. The molecule has 0 bridgehead atoms. The van der Waals surface area contributed by atoms with Crippen LogP contribution in [0.15, 0.2) is 30.5 Å². The number of H-pyrrole nitrogens is 1. The van der Waals surface area contributed by atoms with Gasteiger partial charge in [-0.1, -0.05) is 12.1 Å². The van der Waals surface area contributed by atoms with Gasteiger partial charge in [-0.3, -0.25) is 4.79 Å². The van der Waals surface area contributed by atoms with Crippen molar-refractivity contribution < 1.29 is 28.6 Å². The monoisotopic (exact) mass is 404 g/mol. The predicted molar refractivity (Wildman–Crippen MR) is 103 cm³/mol. The van der Waals surface area contributed by atoms with Crippen LogP contribution in [0.2, 0.25) is 0 Å². The lowest BCUT2D eigenvalue weighted by Gasteiger charge is -2.27. The van der Waals surface area contributed by atoms with E-state index in [0.29, 0.717) is 17.9 Å². The van der Waals surface area contributed by atoms with Crippen LogP contribution in [-0.4, -0.2) is 53.9 Å². The van der Waals surface area contributed by atoms with E-state index in [1.54, 1.807) is 26.0 Å². The molecule has 0 atom stereocenters. The topological polar surface area (TPSA) is 146 Å². The molecule has 0 spiro atoms. The van der Waals surface area contributed by atoms with Crippen molar-refractivity contribution in [1.82, 2.24) is 15.3 Å². The molecule has 2 rings (SSSR count). The quantitative estimate of drug-likeness (QED) is 0.241. The second kappa shape index (κ2) is 9.69. The summed E-state index contributed by atoms with van der Waals surface area (Å²) in [5.41, 5.74) is 4.79. The number of amides is 1. The zero-order valence-electron chi connectivity index (χ0n) is 16.5. The van der Waals surface area contributed by atoms with Crippen molar-refractivity contribution in [3.63, 3.8) is 0 Å². The number of carbonyl (C=O) groups is 3. The highest BCUT2D eigenvalue weighted by molar-refractivity contribution is 6.08. The number of nitrogen functional groups attached to an aromatic ring is 1. The summed E-state index contributed by atoms with van der Waals surface area (Å²) in [5.74, 6) is -2.51. The van der Waals surface area contributed by atoms with E-state index in [4.69, 9.17) is 19.9 Å². The van der Waals surface area contributed by atoms with E-state index in [9.17, 15) is 14.4 Å². The molecular formula is C19H24N4O6. The fourth-order valence-electron chi connectivity index (χ4n) is 2.56. The lowest BCUT2D eigenvalue weighted by Crippen LogP contribution is -2.62. The highest BCUT2D eigenvalue weighted by atomic mass is 16.6. The van der Waals surface area contributed by atoms with Gasteiger partial charge in [0.15, 0.2) is 0 Å². The average Bonchev–Trinajstić information content (AvgIpc) is 3.15. The van der Waals surface area contributed by atoms with Crippen LogP contribution in [0.25, 0.3) is 0 Å². The third kappa shape index (κ3) is 5.11. The number of imidazole rings is 1. The molecule has 0 aliphatic carbocycles. The Labute approximate surface area is 167 Å². The molecule has 0 saturated heterocycles. The van der Waals surface area contributed by atoms with Crippen molar-refractivity contribution in [3.05, 3.63) is 47.5 Å². The summed E-state index contributed by atoms with van der Waals surface area (Å²) in [4.78, 5) is 44.4. The largest absolute Gasteiger partial charge is 0.462 e. The van der Waals surface area contributed by atoms with Crippen molar-refractivity contribution in [2.24, 2.45) is 0 Å². The molecule has 29 heavy (non-hydrogen) atoms. The number of hydrogen-bond donors (Lipinski definition) is 3. The summed E-state index contributed by atoms with van der Waals surface area (Å²) in [6, 6.07) is 7.24. The van der Waals surface area contributed by atoms with E-state index in [0.717, 1.165) is 12.7 Å². The van der Waals surface area contributed by atoms with Crippen LogP contribution in [0.3, 0.4) is 0 Å². The Kier molecular flexibility index (Phi) is 7.32. The van der Waals surface area contributed by atoms with Gasteiger partial charge in [-0.25, -0.2) is 14.6 Å². The summed E-state index contributed by atoms with van der Waals surface area (Å²) in [6.07, 6.45) is 1.76. The van der Waals surface area contributed by atoms with Gasteiger partial charge in [0.2, 0.25) is 0 Å². The summed E-state index contributed by atoms with van der Waals surface area (Å²) in [7, 11) is 1.09. The Bertz CT molecular complexity index is 861. The van der Waals surface area contributed by atoms with E-state index in [1.165, 1.54) is 6.20 Å². The van der Waals surface area contributed by atoms with Crippen molar-refractivity contribution in [1.29, 1.82) is 0 Å². The standard InChI is InChI=1S/C19H24N4O6/c1-4-28-17(25)19(27-3,18(26)29-5-2)23-16(24)14-11-21-15(22-14)10-12-7-6-8-13(20)9-12/h6-9,11H,4-5,10,20H2,1-3H3,(H,21,22)(H,23,24). The van der Waals surface area contributed by atoms with Crippen molar-refractivity contribution in [3.8, 4) is 0 Å². The maximum atomic E-state index is 12.6. The highest BCUT2D eigenvalue weighted by Gasteiger charge is 2.52. The van der Waals surface area contributed by atoms with E-state index in [-0.39, 0.29) is 18.9 Å². The molecule has 10 nitrogen and oxygen atoms in total. The molecule has 0 unspecified atom stereocenters. The molecule has 1 amide bonds. The minimum Gasteiger partial charge on any atom is -0.462 e. The number of nitrogens with one attached hydrogen (secondary N) is 2. The molecular weight excluding hydrogens is 380 g/mol. The Morgan fingerprint density at radius 1 is 1.17 bits per heavy atom. The lowest BCUT2D eigenvalue weighted by molar-refractivity contribution is -0.190. The maximum Gasteiger partial charge on any atom is 0.372 e. The molecule has 0 aliphatic heterocycles. The Hall–Kier alpha value is -3.40. The zero-order valence-corrected chi connectivity index (χ0v) is 16.5. The van der Waals surface area contributed by atoms with Gasteiger partial charge in [0.05, 0.1) is 13.2 Å². The molecule has 0 fully saturated rings. The molecule has 10 heteroatoms. The number of benzene rings is 1. The number of nitrogens with zero attached hydrogens (tertiary/aromatic N) is 1. The number of rotatable bonds is 9. The minimum absolute atomic E-state index is 0.0218. The van der Waals surface area contributed by atoms with E-state index in [1.807, 2.05) is 12.1 Å². The molecule has 156 valence electrons. The van der Waals surface area contributed by atoms with Gasteiger partial charge in [-0.05, 0) is 31.5 Å². The number of carbonyl (C=O) groups excluding carboxylic acids is 3. The molecule has 0 saturated carbocycles. The normalized spacial score (nSPS) is 11.0. The number of anilines is 1. The average molecular weight is 404 g/mol. The zero-order chi connectivity index (χ0) is 21.4. The first-order valence-electron chi connectivity index (χ1n) is 8.97. The van der Waals surface area contributed by atoms with Crippen molar-refractivity contribution in [2.45, 2.75) is 26.0 Å². The molecule has 1 aromatic heterocycles. The number of esters is 2. The summed E-state index contributed by atoms with van der Waals surface area (Å²) in [6.45, 7) is 3.07. The van der Waals surface area contributed by atoms with Gasteiger partial charge in [0, 0.05) is 25.4 Å². The van der Waals surface area contributed by atoms with Gasteiger partial charge in [-0.2, -0.15) is 0 Å².